The van der Waals surface area contributed by atoms with Crippen molar-refractivity contribution in [1.29, 1.82) is 0 Å². The van der Waals surface area contributed by atoms with Crippen molar-refractivity contribution in [1.82, 2.24) is 25.2 Å². The van der Waals surface area contributed by atoms with Crippen LogP contribution < -0.4 is 11.3 Å². The molecule has 0 saturated carbocycles. The summed E-state index contributed by atoms with van der Waals surface area (Å²) in [6, 6.07) is 2.65. The van der Waals surface area contributed by atoms with E-state index in [2.05, 4.69) is 20.5 Å². The highest BCUT2D eigenvalue weighted by Crippen LogP contribution is 2.18. The van der Waals surface area contributed by atoms with E-state index < -0.39 is 6.04 Å². The Kier molecular flexibility index (Phi) is 4.18. The summed E-state index contributed by atoms with van der Waals surface area (Å²) in [7, 11) is 0. The molecule has 0 aromatic carbocycles. The van der Waals surface area contributed by atoms with Crippen molar-refractivity contribution in [2.75, 3.05) is 0 Å². The Bertz CT molecular complexity index is 539. The molecule has 1 unspecified atom stereocenters. The Morgan fingerprint density at radius 2 is 2.21 bits per heavy atom. The maximum atomic E-state index is 13.7. The fourth-order valence-corrected chi connectivity index (χ4v) is 1.92. The molecule has 7 heteroatoms. The summed E-state index contributed by atoms with van der Waals surface area (Å²) in [5.74, 6) is 5.85. The van der Waals surface area contributed by atoms with Crippen LogP contribution in [0, 0.1) is 5.82 Å². The van der Waals surface area contributed by atoms with Crippen molar-refractivity contribution < 1.29 is 4.39 Å². The molecule has 2 aromatic heterocycles. The van der Waals surface area contributed by atoms with E-state index in [4.69, 9.17) is 5.84 Å². The molecular weight excluding hydrogens is 247 g/mol. The molecule has 0 fully saturated rings. The van der Waals surface area contributed by atoms with E-state index in [0.29, 0.717) is 6.42 Å². The first kappa shape index (κ1) is 13.6. The minimum Gasteiger partial charge on any atom is -0.271 e. The topological polar surface area (TPSA) is 81.7 Å². The highest BCUT2D eigenvalue weighted by Gasteiger charge is 2.19. The Morgan fingerprint density at radius 1 is 1.42 bits per heavy atom. The maximum Gasteiger partial charge on any atom is 0.146 e. The van der Waals surface area contributed by atoms with Gasteiger partial charge in [-0.25, -0.2) is 14.1 Å². The predicted octanol–water partition coefficient (Wildman–Crippen LogP) is 1.14. The zero-order chi connectivity index (χ0) is 13.8. The van der Waals surface area contributed by atoms with Crippen LogP contribution in [-0.4, -0.2) is 19.7 Å². The molecule has 0 saturated heterocycles. The van der Waals surface area contributed by atoms with Crippen LogP contribution in [0.2, 0.25) is 0 Å². The van der Waals surface area contributed by atoms with Gasteiger partial charge in [-0.2, -0.15) is 5.10 Å². The van der Waals surface area contributed by atoms with E-state index >= 15 is 0 Å². The standard InChI is InChI=1S/C12H17FN6/c1-8(2)19-11(16-7-17-19)6-10(18-14)12-9(13)4-3-5-15-12/h3-5,7-8,10,18H,6,14H2,1-2H3. The van der Waals surface area contributed by atoms with E-state index in [-0.39, 0.29) is 17.6 Å². The van der Waals surface area contributed by atoms with Crippen LogP contribution in [0.15, 0.2) is 24.7 Å². The highest BCUT2D eigenvalue weighted by molar-refractivity contribution is 5.13. The van der Waals surface area contributed by atoms with Crippen LogP contribution in [0.25, 0.3) is 0 Å². The van der Waals surface area contributed by atoms with Crippen molar-refractivity contribution in [3.05, 3.63) is 42.0 Å². The van der Waals surface area contributed by atoms with E-state index in [1.807, 2.05) is 13.8 Å². The number of hydrogen-bond acceptors (Lipinski definition) is 5. The molecule has 2 aromatic rings. The summed E-state index contributed by atoms with van der Waals surface area (Å²) in [5.41, 5.74) is 2.86. The Labute approximate surface area is 110 Å². The number of hydrazine groups is 1. The van der Waals surface area contributed by atoms with E-state index in [9.17, 15) is 4.39 Å². The molecule has 2 heterocycles. The highest BCUT2D eigenvalue weighted by atomic mass is 19.1. The minimum absolute atomic E-state index is 0.185. The van der Waals surface area contributed by atoms with Gasteiger partial charge in [-0.15, -0.1) is 0 Å². The fourth-order valence-electron chi connectivity index (χ4n) is 1.92. The van der Waals surface area contributed by atoms with Crippen molar-refractivity contribution >= 4 is 0 Å². The normalized spacial score (nSPS) is 12.9. The second-order valence-corrected chi connectivity index (χ2v) is 4.51. The van der Waals surface area contributed by atoms with E-state index in [0.717, 1.165) is 5.82 Å². The molecule has 0 amide bonds. The molecule has 0 spiro atoms. The number of halogens is 1. The van der Waals surface area contributed by atoms with Crippen LogP contribution in [0.1, 0.15) is 37.4 Å². The number of aromatic nitrogens is 4. The molecule has 2 rings (SSSR count). The van der Waals surface area contributed by atoms with Crippen molar-refractivity contribution in [3.8, 4) is 0 Å². The summed E-state index contributed by atoms with van der Waals surface area (Å²) in [6.45, 7) is 4.01. The monoisotopic (exact) mass is 264 g/mol. The molecule has 0 aliphatic heterocycles. The molecule has 0 aliphatic rings. The van der Waals surface area contributed by atoms with Gasteiger partial charge in [-0.1, -0.05) is 0 Å². The van der Waals surface area contributed by atoms with Gasteiger partial charge in [0.2, 0.25) is 0 Å². The summed E-state index contributed by atoms with van der Waals surface area (Å²) in [4.78, 5) is 8.22. The van der Waals surface area contributed by atoms with Crippen LogP contribution in [-0.2, 0) is 6.42 Å². The molecule has 0 aliphatic carbocycles. The molecule has 0 bridgehead atoms. The summed E-state index contributed by atoms with van der Waals surface area (Å²) >= 11 is 0. The van der Waals surface area contributed by atoms with Gasteiger partial charge in [0.05, 0.1) is 11.7 Å². The van der Waals surface area contributed by atoms with Crippen molar-refractivity contribution in [3.63, 3.8) is 0 Å². The summed E-state index contributed by atoms with van der Waals surface area (Å²) in [6.07, 6.45) is 3.44. The third kappa shape index (κ3) is 2.94. The molecular formula is C12H17FN6. The van der Waals surface area contributed by atoms with E-state index in [1.165, 1.54) is 18.6 Å². The predicted molar refractivity (Wildman–Crippen MR) is 68.4 cm³/mol. The number of pyridine rings is 1. The van der Waals surface area contributed by atoms with Gasteiger partial charge < -0.3 is 0 Å². The van der Waals surface area contributed by atoms with Crippen LogP contribution >= 0.6 is 0 Å². The summed E-state index contributed by atoms with van der Waals surface area (Å²) in [5, 5.41) is 4.14. The van der Waals surface area contributed by atoms with E-state index in [1.54, 1.807) is 10.7 Å². The third-order valence-electron chi connectivity index (χ3n) is 2.84. The number of nitrogens with one attached hydrogen (secondary N) is 1. The lowest BCUT2D eigenvalue weighted by Crippen LogP contribution is -2.32. The smallest absolute Gasteiger partial charge is 0.146 e. The quantitative estimate of drug-likeness (QED) is 0.625. The molecule has 19 heavy (non-hydrogen) atoms. The average molecular weight is 264 g/mol. The largest absolute Gasteiger partial charge is 0.271 e. The molecule has 1 atom stereocenters. The van der Waals surface area contributed by atoms with Gasteiger partial charge >= 0.3 is 0 Å². The van der Waals surface area contributed by atoms with Gasteiger partial charge in [0.25, 0.3) is 0 Å². The minimum atomic E-state index is -0.442. The first-order valence-corrected chi connectivity index (χ1v) is 6.08. The Hall–Kier alpha value is -1.86. The van der Waals surface area contributed by atoms with Gasteiger partial charge in [-0.05, 0) is 26.0 Å². The van der Waals surface area contributed by atoms with Crippen molar-refractivity contribution in [2.24, 2.45) is 5.84 Å². The van der Waals surface area contributed by atoms with Crippen LogP contribution in [0.5, 0.6) is 0 Å². The van der Waals surface area contributed by atoms with Gasteiger partial charge in [-0.3, -0.25) is 16.3 Å². The molecule has 102 valence electrons. The maximum absolute atomic E-state index is 13.7. The number of rotatable bonds is 5. The number of nitrogens with two attached hydrogens (primary N) is 1. The Morgan fingerprint density at radius 3 is 2.84 bits per heavy atom. The zero-order valence-electron chi connectivity index (χ0n) is 10.9. The molecule has 6 nitrogen and oxygen atoms in total. The number of nitrogens with zero attached hydrogens (tertiary/aromatic N) is 4. The van der Waals surface area contributed by atoms with Crippen molar-refractivity contribution in [2.45, 2.75) is 32.4 Å². The lowest BCUT2D eigenvalue weighted by atomic mass is 10.1. The molecule has 3 N–H and O–H groups in total. The first-order valence-electron chi connectivity index (χ1n) is 6.08. The van der Waals surface area contributed by atoms with Crippen LogP contribution in [0.3, 0.4) is 0 Å². The van der Waals surface area contributed by atoms with Gasteiger partial charge in [0, 0.05) is 18.7 Å². The lowest BCUT2D eigenvalue weighted by Gasteiger charge is -2.17. The SMILES string of the molecule is CC(C)n1ncnc1CC(NN)c1ncccc1F. The lowest BCUT2D eigenvalue weighted by molar-refractivity contribution is 0.450. The number of hydrogen-bond donors (Lipinski definition) is 2. The third-order valence-corrected chi connectivity index (χ3v) is 2.84. The Balaban J connectivity index is 2.25. The molecule has 0 radical (unpaired) electrons. The zero-order valence-corrected chi connectivity index (χ0v) is 10.9. The van der Waals surface area contributed by atoms with Gasteiger partial charge in [0.15, 0.2) is 0 Å². The average Bonchev–Trinajstić information content (AvgIpc) is 2.85. The first-order chi connectivity index (χ1) is 9.13. The van der Waals surface area contributed by atoms with Crippen LogP contribution in [0.4, 0.5) is 4.39 Å². The summed E-state index contributed by atoms with van der Waals surface area (Å²) < 4.78 is 15.5. The van der Waals surface area contributed by atoms with Gasteiger partial charge in [0.1, 0.15) is 18.0 Å². The fraction of sp³-hybridized carbons (Fsp3) is 0.417. The second kappa shape index (κ2) is 5.85. The second-order valence-electron chi connectivity index (χ2n) is 4.51.